The van der Waals surface area contributed by atoms with Gasteiger partial charge in [-0.3, -0.25) is 14.9 Å². The van der Waals surface area contributed by atoms with Gasteiger partial charge in [0.05, 0.1) is 16.7 Å². The quantitative estimate of drug-likeness (QED) is 0.427. The number of amides is 1. The number of benzene rings is 1. The molecular weight excluding hydrogens is 338 g/mol. The average Bonchev–Trinajstić information content (AvgIpc) is 3.28. The minimum atomic E-state index is -0.465. The number of carbonyl (C=O) groups excluding carboxylic acids is 1. The van der Waals surface area contributed by atoms with E-state index in [4.69, 9.17) is 4.42 Å². The van der Waals surface area contributed by atoms with Gasteiger partial charge in [-0.2, -0.15) is 5.10 Å². The molecular formula is C17H19N5O4. The minimum Gasteiger partial charge on any atom is -0.465 e. The third-order valence-corrected chi connectivity index (χ3v) is 4.15. The molecule has 0 bridgehead atoms. The summed E-state index contributed by atoms with van der Waals surface area (Å²) in [6.45, 7) is 3.59. The summed E-state index contributed by atoms with van der Waals surface area (Å²) in [6.07, 6.45) is 0.533. The van der Waals surface area contributed by atoms with Crippen molar-refractivity contribution in [1.29, 1.82) is 0 Å². The molecule has 0 radical (unpaired) electrons. The first-order valence-electron chi connectivity index (χ1n) is 8.10. The smallest absolute Gasteiger partial charge is 0.269 e. The van der Waals surface area contributed by atoms with E-state index in [2.05, 4.69) is 21.4 Å². The van der Waals surface area contributed by atoms with Crippen molar-refractivity contribution in [3.63, 3.8) is 0 Å². The number of rotatable bonds is 5. The van der Waals surface area contributed by atoms with Crippen molar-refractivity contribution < 1.29 is 14.1 Å². The monoisotopic (exact) mass is 357 g/mol. The second-order valence-corrected chi connectivity index (χ2v) is 6.06. The normalized spacial score (nSPS) is 20.2. The molecule has 3 N–H and O–H groups in total. The van der Waals surface area contributed by atoms with Crippen LogP contribution < -0.4 is 16.3 Å². The lowest BCUT2D eigenvalue weighted by atomic mass is 10.1. The van der Waals surface area contributed by atoms with Crippen molar-refractivity contribution in [3.8, 4) is 0 Å². The fourth-order valence-corrected chi connectivity index (χ4v) is 2.66. The van der Waals surface area contributed by atoms with Crippen LogP contribution in [0, 0.1) is 17.0 Å². The molecule has 9 nitrogen and oxygen atoms in total. The first-order chi connectivity index (χ1) is 12.4. The van der Waals surface area contributed by atoms with Gasteiger partial charge in [-0.05, 0) is 50.1 Å². The van der Waals surface area contributed by atoms with E-state index >= 15 is 0 Å². The predicted molar refractivity (Wildman–Crippen MR) is 94.3 cm³/mol. The molecule has 1 aromatic heterocycles. The number of nitro benzene ring substituents is 1. The largest absolute Gasteiger partial charge is 0.465 e. The van der Waals surface area contributed by atoms with E-state index < -0.39 is 11.0 Å². The van der Waals surface area contributed by atoms with Crippen molar-refractivity contribution in [3.05, 3.63) is 63.6 Å². The molecule has 1 amide bonds. The van der Waals surface area contributed by atoms with Crippen molar-refractivity contribution in [2.45, 2.75) is 32.4 Å². The number of furan rings is 1. The third-order valence-electron chi connectivity index (χ3n) is 4.15. The van der Waals surface area contributed by atoms with Crippen molar-refractivity contribution in [2.24, 2.45) is 5.10 Å². The topological polar surface area (TPSA) is 122 Å². The Morgan fingerprint density at radius 3 is 2.62 bits per heavy atom. The maximum absolute atomic E-state index is 12.3. The summed E-state index contributed by atoms with van der Waals surface area (Å²) in [5.41, 5.74) is 9.74. The fourth-order valence-electron chi connectivity index (χ4n) is 2.66. The molecule has 2 heterocycles. The van der Waals surface area contributed by atoms with Gasteiger partial charge in [0.25, 0.3) is 11.6 Å². The number of hydrazine groups is 1. The first-order valence-corrected chi connectivity index (χ1v) is 8.10. The zero-order valence-electron chi connectivity index (χ0n) is 14.4. The molecule has 9 heteroatoms. The maximum Gasteiger partial charge on any atom is 0.269 e. The Hall–Kier alpha value is -3.04. The number of nitrogens with one attached hydrogen (secondary N) is 3. The lowest BCUT2D eigenvalue weighted by Crippen LogP contribution is -2.41. The highest BCUT2D eigenvalue weighted by Crippen LogP contribution is 2.24. The number of non-ortho nitro benzene ring substituents is 1. The highest BCUT2D eigenvalue weighted by molar-refractivity contribution is 5.99. The highest BCUT2D eigenvalue weighted by Gasteiger charge is 2.31. The predicted octanol–water partition coefficient (Wildman–Crippen LogP) is 1.94. The summed E-state index contributed by atoms with van der Waals surface area (Å²) in [4.78, 5) is 22.5. The van der Waals surface area contributed by atoms with E-state index in [1.54, 1.807) is 19.1 Å². The van der Waals surface area contributed by atoms with Gasteiger partial charge >= 0.3 is 0 Å². The molecule has 136 valence electrons. The molecule has 2 unspecified atom stereocenters. The maximum atomic E-state index is 12.3. The van der Waals surface area contributed by atoms with Gasteiger partial charge in [0.15, 0.2) is 0 Å². The molecule has 1 aliphatic heterocycles. The number of aryl methyl sites for hydroxylation is 1. The SMILES string of the molecule is C/C(=N\NC(=O)C1CC(c2ccc(C)o2)NN1)c1ccc([N+](=O)[O-])cc1. The van der Waals surface area contributed by atoms with Crippen molar-refractivity contribution in [2.75, 3.05) is 0 Å². The molecule has 2 aromatic rings. The molecule has 1 aliphatic rings. The van der Waals surface area contributed by atoms with Gasteiger partial charge in [0.2, 0.25) is 0 Å². The zero-order valence-corrected chi connectivity index (χ0v) is 14.4. The fraction of sp³-hybridized carbons (Fsp3) is 0.294. The van der Waals surface area contributed by atoms with Crippen LogP contribution in [0.25, 0.3) is 0 Å². The van der Waals surface area contributed by atoms with Crippen molar-refractivity contribution in [1.82, 2.24) is 16.3 Å². The molecule has 0 aliphatic carbocycles. The number of nitro groups is 1. The second kappa shape index (κ2) is 7.46. The number of carbonyl (C=O) groups is 1. The molecule has 0 spiro atoms. The molecule has 1 aromatic carbocycles. The van der Waals surface area contributed by atoms with Crippen LogP contribution in [0.4, 0.5) is 5.69 Å². The van der Waals surface area contributed by atoms with E-state index in [1.807, 2.05) is 19.1 Å². The summed E-state index contributed by atoms with van der Waals surface area (Å²) in [5, 5.41) is 14.7. The number of hydrogen-bond acceptors (Lipinski definition) is 7. The Bertz CT molecular complexity index is 843. The van der Waals surface area contributed by atoms with Crippen LogP contribution in [0.2, 0.25) is 0 Å². The first kappa shape index (κ1) is 17.8. The van der Waals surface area contributed by atoms with E-state index in [-0.39, 0.29) is 17.6 Å². The average molecular weight is 357 g/mol. The van der Waals surface area contributed by atoms with Crippen LogP contribution in [0.15, 0.2) is 45.9 Å². The summed E-state index contributed by atoms with van der Waals surface area (Å²) < 4.78 is 5.57. The Kier molecular flexibility index (Phi) is 5.10. The highest BCUT2D eigenvalue weighted by atomic mass is 16.6. The third kappa shape index (κ3) is 3.95. The van der Waals surface area contributed by atoms with Crippen LogP contribution in [-0.2, 0) is 4.79 Å². The summed E-state index contributed by atoms with van der Waals surface area (Å²) >= 11 is 0. The molecule has 2 atom stereocenters. The molecule has 26 heavy (non-hydrogen) atoms. The molecule has 1 saturated heterocycles. The van der Waals surface area contributed by atoms with Gasteiger partial charge in [-0.15, -0.1) is 0 Å². The van der Waals surface area contributed by atoms with E-state index in [0.29, 0.717) is 17.7 Å². The second-order valence-electron chi connectivity index (χ2n) is 6.06. The Morgan fingerprint density at radius 1 is 1.27 bits per heavy atom. The number of nitrogens with zero attached hydrogens (tertiary/aromatic N) is 2. The summed E-state index contributed by atoms with van der Waals surface area (Å²) in [7, 11) is 0. The van der Waals surface area contributed by atoms with Crippen LogP contribution in [-0.4, -0.2) is 22.6 Å². The van der Waals surface area contributed by atoms with Crippen molar-refractivity contribution >= 4 is 17.3 Å². The molecule has 1 fully saturated rings. The Labute approximate surface area is 149 Å². The van der Waals surface area contributed by atoms with Crippen LogP contribution in [0.1, 0.15) is 36.5 Å². The molecule has 3 rings (SSSR count). The van der Waals surface area contributed by atoms with Gasteiger partial charge in [0.1, 0.15) is 17.6 Å². The van der Waals surface area contributed by atoms with Crippen LogP contribution in [0.5, 0.6) is 0 Å². The van der Waals surface area contributed by atoms with Crippen LogP contribution in [0.3, 0.4) is 0 Å². The van der Waals surface area contributed by atoms with E-state index in [1.165, 1.54) is 12.1 Å². The van der Waals surface area contributed by atoms with E-state index in [0.717, 1.165) is 11.5 Å². The molecule has 0 saturated carbocycles. The van der Waals surface area contributed by atoms with Gasteiger partial charge in [-0.25, -0.2) is 16.3 Å². The van der Waals surface area contributed by atoms with Gasteiger partial charge < -0.3 is 4.42 Å². The Morgan fingerprint density at radius 2 is 2.00 bits per heavy atom. The zero-order chi connectivity index (χ0) is 18.7. The van der Waals surface area contributed by atoms with E-state index in [9.17, 15) is 14.9 Å². The number of hydrazone groups is 1. The summed E-state index contributed by atoms with van der Waals surface area (Å²) in [5.74, 6) is 1.32. The van der Waals surface area contributed by atoms with Gasteiger partial charge in [0, 0.05) is 12.1 Å². The van der Waals surface area contributed by atoms with Gasteiger partial charge in [-0.1, -0.05) is 0 Å². The summed E-state index contributed by atoms with van der Waals surface area (Å²) in [6, 6.07) is 9.21. The lowest BCUT2D eigenvalue weighted by molar-refractivity contribution is -0.384. The number of hydrogen-bond donors (Lipinski definition) is 3. The lowest BCUT2D eigenvalue weighted by Gasteiger charge is -2.08. The Balaban J connectivity index is 1.57. The standard InChI is InChI=1S/C17H19N5O4/c1-10-3-8-16(26-10)14-9-15(20-19-14)17(23)21-18-11(2)12-4-6-13(7-5-12)22(24)25/h3-8,14-15,19-20H,9H2,1-2H3,(H,21,23)/b18-11+. The van der Waals surface area contributed by atoms with Crippen LogP contribution >= 0.6 is 0 Å². The minimum absolute atomic E-state index is 0.00557.